The molecular formula is C24H26N2O3. The predicted octanol–water partition coefficient (Wildman–Crippen LogP) is 5.15. The highest BCUT2D eigenvalue weighted by Gasteiger charge is 2.22. The lowest BCUT2D eigenvalue weighted by molar-refractivity contribution is 0.204. The Balaban J connectivity index is 1.81. The van der Waals surface area contributed by atoms with Crippen molar-refractivity contribution in [2.24, 2.45) is 0 Å². The lowest BCUT2D eigenvalue weighted by Gasteiger charge is -2.29. The molecule has 0 aliphatic heterocycles. The molecule has 150 valence electrons. The molecule has 1 atom stereocenters. The highest BCUT2D eigenvalue weighted by atomic mass is 16.5. The van der Waals surface area contributed by atoms with Gasteiger partial charge in [0.25, 0.3) is 0 Å². The average molecular weight is 390 g/mol. The summed E-state index contributed by atoms with van der Waals surface area (Å²) in [5, 5.41) is 2.96. The second kappa shape index (κ2) is 9.64. The third-order valence-corrected chi connectivity index (χ3v) is 4.90. The molecule has 1 unspecified atom stereocenters. The van der Waals surface area contributed by atoms with Crippen LogP contribution in [-0.4, -0.2) is 32.2 Å². The van der Waals surface area contributed by atoms with E-state index in [9.17, 15) is 4.79 Å². The molecule has 0 aliphatic rings. The largest absolute Gasteiger partial charge is 0.497 e. The van der Waals surface area contributed by atoms with Crippen molar-refractivity contribution < 1.29 is 14.3 Å². The zero-order valence-electron chi connectivity index (χ0n) is 17.0. The van der Waals surface area contributed by atoms with Crippen LogP contribution in [0.4, 0.5) is 10.5 Å². The average Bonchev–Trinajstić information content (AvgIpc) is 2.78. The van der Waals surface area contributed by atoms with Crippen molar-refractivity contribution >= 4 is 11.7 Å². The molecular weight excluding hydrogens is 364 g/mol. The fraction of sp³-hybridized carbons (Fsp3) is 0.208. The first-order valence-electron chi connectivity index (χ1n) is 9.46. The number of likely N-dealkylation sites (N-methyl/N-ethyl adjacent to an activating group) is 1. The number of hydrogen-bond donors (Lipinski definition) is 1. The maximum Gasteiger partial charge on any atom is 0.322 e. The minimum atomic E-state index is -0.174. The summed E-state index contributed by atoms with van der Waals surface area (Å²) < 4.78 is 10.4. The molecule has 3 aromatic carbocycles. The van der Waals surface area contributed by atoms with E-state index in [4.69, 9.17) is 9.47 Å². The van der Waals surface area contributed by atoms with Crippen LogP contribution < -0.4 is 14.8 Å². The van der Waals surface area contributed by atoms with Crippen LogP contribution in [0.25, 0.3) is 0 Å². The Morgan fingerprint density at radius 2 is 1.41 bits per heavy atom. The van der Waals surface area contributed by atoms with E-state index in [1.165, 1.54) is 0 Å². The van der Waals surface area contributed by atoms with E-state index in [0.717, 1.165) is 28.3 Å². The van der Waals surface area contributed by atoms with Gasteiger partial charge in [-0.2, -0.15) is 0 Å². The highest BCUT2D eigenvalue weighted by Crippen LogP contribution is 2.27. The molecule has 3 rings (SSSR count). The Bertz CT molecular complexity index is 909. The maximum absolute atomic E-state index is 13.0. The summed E-state index contributed by atoms with van der Waals surface area (Å²) in [7, 11) is 5.08. The topological polar surface area (TPSA) is 50.8 Å². The predicted molar refractivity (Wildman–Crippen MR) is 116 cm³/mol. The fourth-order valence-corrected chi connectivity index (χ4v) is 3.17. The Hall–Kier alpha value is -3.47. The number of methoxy groups -OCH3 is 2. The van der Waals surface area contributed by atoms with Crippen LogP contribution in [0.15, 0.2) is 78.9 Å². The maximum atomic E-state index is 13.0. The summed E-state index contributed by atoms with van der Waals surface area (Å²) in [6, 6.07) is 25.0. The quantitative estimate of drug-likeness (QED) is 0.607. The summed E-state index contributed by atoms with van der Waals surface area (Å²) in [5.74, 6) is 1.54. The minimum absolute atomic E-state index is 0.124. The minimum Gasteiger partial charge on any atom is -0.497 e. The lowest BCUT2D eigenvalue weighted by atomic mass is 9.97. The van der Waals surface area contributed by atoms with Gasteiger partial charge in [-0.25, -0.2) is 4.79 Å². The van der Waals surface area contributed by atoms with Gasteiger partial charge in [-0.1, -0.05) is 42.5 Å². The van der Waals surface area contributed by atoms with Gasteiger partial charge in [0, 0.05) is 12.7 Å². The molecule has 0 radical (unpaired) electrons. The van der Waals surface area contributed by atoms with Gasteiger partial charge in [0.05, 0.1) is 20.3 Å². The molecule has 1 N–H and O–H groups in total. The third kappa shape index (κ3) is 5.29. The monoisotopic (exact) mass is 390 g/mol. The highest BCUT2D eigenvalue weighted by molar-refractivity contribution is 5.89. The third-order valence-electron chi connectivity index (χ3n) is 4.90. The molecule has 0 saturated heterocycles. The second-order valence-corrected chi connectivity index (χ2v) is 6.75. The van der Waals surface area contributed by atoms with Crippen molar-refractivity contribution in [3.63, 3.8) is 0 Å². The first-order chi connectivity index (χ1) is 14.1. The molecule has 0 bridgehead atoms. The number of hydrogen-bond acceptors (Lipinski definition) is 3. The molecule has 0 aromatic heterocycles. The molecule has 0 spiro atoms. The van der Waals surface area contributed by atoms with E-state index in [1.807, 2.05) is 73.8 Å². The van der Waals surface area contributed by atoms with Crippen molar-refractivity contribution in [3.05, 3.63) is 90.0 Å². The first-order valence-corrected chi connectivity index (χ1v) is 9.46. The van der Waals surface area contributed by atoms with E-state index in [2.05, 4.69) is 17.4 Å². The standard InChI is InChI=1S/C24H26N2O3/c1-26(24(27)25-20-11-15-22(29-3)16-12-20)23(17-18-7-5-4-6-8-18)19-9-13-21(28-2)14-10-19/h4-16,23H,17H2,1-3H3,(H,25,27). The van der Waals surface area contributed by atoms with Gasteiger partial charge < -0.3 is 19.7 Å². The Morgan fingerprint density at radius 3 is 1.97 bits per heavy atom. The zero-order chi connectivity index (χ0) is 20.6. The van der Waals surface area contributed by atoms with E-state index < -0.39 is 0 Å². The number of rotatable bonds is 7. The Morgan fingerprint density at radius 1 is 0.862 bits per heavy atom. The van der Waals surface area contributed by atoms with E-state index in [-0.39, 0.29) is 12.1 Å². The van der Waals surface area contributed by atoms with Gasteiger partial charge >= 0.3 is 6.03 Å². The molecule has 3 aromatic rings. The van der Waals surface area contributed by atoms with Crippen LogP contribution in [-0.2, 0) is 6.42 Å². The second-order valence-electron chi connectivity index (χ2n) is 6.75. The van der Waals surface area contributed by atoms with Crippen molar-refractivity contribution in [3.8, 4) is 11.5 Å². The molecule has 5 heteroatoms. The van der Waals surface area contributed by atoms with Gasteiger partial charge in [0.1, 0.15) is 11.5 Å². The number of anilines is 1. The van der Waals surface area contributed by atoms with Gasteiger partial charge in [0.2, 0.25) is 0 Å². The molecule has 29 heavy (non-hydrogen) atoms. The van der Waals surface area contributed by atoms with Gasteiger partial charge in [-0.05, 0) is 53.9 Å². The number of nitrogens with zero attached hydrogens (tertiary/aromatic N) is 1. The molecule has 0 saturated carbocycles. The Kier molecular flexibility index (Phi) is 6.74. The van der Waals surface area contributed by atoms with Crippen LogP contribution in [0, 0.1) is 0 Å². The van der Waals surface area contributed by atoms with Crippen LogP contribution in [0.1, 0.15) is 17.2 Å². The first kappa shape index (κ1) is 20.3. The number of carbonyl (C=O) groups excluding carboxylic acids is 1. The summed E-state index contributed by atoms with van der Waals surface area (Å²) in [4.78, 5) is 14.7. The van der Waals surface area contributed by atoms with Gasteiger partial charge in [0.15, 0.2) is 0 Å². The van der Waals surface area contributed by atoms with Crippen molar-refractivity contribution in [2.75, 3.05) is 26.6 Å². The van der Waals surface area contributed by atoms with Crippen molar-refractivity contribution in [2.45, 2.75) is 12.5 Å². The van der Waals surface area contributed by atoms with Gasteiger partial charge in [-0.3, -0.25) is 0 Å². The number of urea groups is 1. The fourth-order valence-electron chi connectivity index (χ4n) is 3.17. The number of amides is 2. The summed E-state index contributed by atoms with van der Waals surface area (Å²) in [6.07, 6.45) is 0.708. The number of benzene rings is 3. The molecule has 0 aliphatic carbocycles. The number of carbonyl (C=O) groups is 1. The molecule has 5 nitrogen and oxygen atoms in total. The lowest BCUT2D eigenvalue weighted by Crippen LogP contribution is -2.36. The normalized spacial score (nSPS) is 11.4. The summed E-state index contributed by atoms with van der Waals surface area (Å²) in [6.45, 7) is 0. The SMILES string of the molecule is COc1ccc(NC(=O)N(C)C(Cc2ccccc2)c2ccc(OC)cc2)cc1. The Labute approximate surface area is 171 Å². The van der Waals surface area contributed by atoms with E-state index in [0.29, 0.717) is 6.42 Å². The van der Waals surface area contributed by atoms with Gasteiger partial charge in [-0.15, -0.1) is 0 Å². The number of nitrogens with one attached hydrogen (secondary N) is 1. The summed E-state index contributed by atoms with van der Waals surface area (Å²) >= 11 is 0. The zero-order valence-corrected chi connectivity index (χ0v) is 17.0. The van der Waals surface area contributed by atoms with Crippen LogP contribution in [0.5, 0.6) is 11.5 Å². The molecule has 0 heterocycles. The van der Waals surface area contributed by atoms with Crippen molar-refractivity contribution in [1.29, 1.82) is 0 Å². The molecule has 2 amide bonds. The van der Waals surface area contributed by atoms with E-state index >= 15 is 0 Å². The van der Waals surface area contributed by atoms with Crippen LogP contribution in [0.2, 0.25) is 0 Å². The smallest absolute Gasteiger partial charge is 0.322 e. The number of ether oxygens (including phenoxy) is 2. The van der Waals surface area contributed by atoms with E-state index in [1.54, 1.807) is 19.1 Å². The van der Waals surface area contributed by atoms with Crippen LogP contribution >= 0.6 is 0 Å². The van der Waals surface area contributed by atoms with Crippen LogP contribution in [0.3, 0.4) is 0 Å². The molecule has 0 fully saturated rings. The summed E-state index contributed by atoms with van der Waals surface area (Å²) in [5.41, 5.74) is 2.93. The van der Waals surface area contributed by atoms with Crippen molar-refractivity contribution in [1.82, 2.24) is 4.90 Å².